The number of rotatable bonds is 6. The molecule has 0 aliphatic rings. The van der Waals surface area contributed by atoms with Crippen LogP contribution in [-0.4, -0.2) is 25.1 Å². The average Bonchev–Trinajstić information content (AvgIpc) is 3.54. The Hall–Kier alpha value is -4.61. The molecule has 0 atom stereocenters. The SMILES string of the molecule is CCn1c(=O)c2ccccc2n2c(CNc3ccc(NC(=O)c4ccco4)cc3C(F)(F)F)nnc12. The summed E-state index contributed by atoms with van der Waals surface area (Å²) in [6, 6.07) is 13.2. The van der Waals surface area contributed by atoms with Gasteiger partial charge in [-0.15, -0.1) is 10.2 Å². The molecule has 0 aliphatic heterocycles. The van der Waals surface area contributed by atoms with Gasteiger partial charge in [-0.2, -0.15) is 13.2 Å². The predicted molar refractivity (Wildman–Crippen MR) is 126 cm³/mol. The fourth-order valence-electron chi connectivity index (χ4n) is 4.00. The fraction of sp³-hybridized carbons (Fsp3) is 0.167. The zero-order valence-electron chi connectivity index (χ0n) is 18.8. The Morgan fingerprint density at radius 3 is 2.61 bits per heavy atom. The van der Waals surface area contributed by atoms with Crippen LogP contribution in [0.3, 0.4) is 0 Å². The van der Waals surface area contributed by atoms with Crippen molar-refractivity contribution in [3.8, 4) is 0 Å². The Bertz CT molecular complexity index is 1640. The van der Waals surface area contributed by atoms with Crippen LogP contribution in [0.2, 0.25) is 0 Å². The summed E-state index contributed by atoms with van der Waals surface area (Å²) >= 11 is 0. The first-order valence-electron chi connectivity index (χ1n) is 10.9. The Morgan fingerprint density at radius 2 is 1.89 bits per heavy atom. The number of alkyl halides is 3. The first-order chi connectivity index (χ1) is 17.3. The molecule has 3 heterocycles. The zero-order valence-corrected chi connectivity index (χ0v) is 18.8. The molecule has 0 aliphatic carbocycles. The molecule has 9 nitrogen and oxygen atoms in total. The number of hydrogen-bond acceptors (Lipinski definition) is 6. The highest BCUT2D eigenvalue weighted by Gasteiger charge is 2.34. The van der Waals surface area contributed by atoms with Crippen molar-refractivity contribution in [2.24, 2.45) is 0 Å². The van der Waals surface area contributed by atoms with E-state index >= 15 is 0 Å². The number of anilines is 2. The zero-order chi connectivity index (χ0) is 25.4. The van der Waals surface area contributed by atoms with Gasteiger partial charge in [0.15, 0.2) is 11.6 Å². The lowest BCUT2D eigenvalue weighted by Crippen LogP contribution is -2.23. The number of hydrogen-bond donors (Lipinski definition) is 2. The summed E-state index contributed by atoms with van der Waals surface area (Å²) in [5, 5.41) is 13.9. The summed E-state index contributed by atoms with van der Waals surface area (Å²) < 4.78 is 49.7. The predicted octanol–water partition coefficient (Wildman–Crippen LogP) is 4.54. The number of fused-ring (bicyclic) bond motifs is 3. The Kier molecular flexibility index (Phi) is 5.71. The third-order valence-corrected chi connectivity index (χ3v) is 5.66. The maximum absolute atomic E-state index is 13.9. The quantitative estimate of drug-likeness (QED) is 0.358. The molecule has 2 N–H and O–H groups in total. The van der Waals surface area contributed by atoms with E-state index in [1.165, 1.54) is 35.1 Å². The Morgan fingerprint density at radius 1 is 1.08 bits per heavy atom. The monoisotopic (exact) mass is 496 g/mol. The molecule has 0 radical (unpaired) electrons. The number of aryl methyl sites for hydroxylation is 1. The van der Waals surface area contributed by atoms with Crippen LogP contribution in [-0.2, 0) is 19.3 Å². The van der Waals surface area contributed by atoms with Crippen LogP contribution in [0, 0.1) is 0 Å². The molecule has 0 unspecified atom stereocenters. The number of aromatic nitrogens is 4. The second-order valence-corrected chi connectivity index (χ2v) is 7.86. The summed E-state index contributed by atoms with van der Waals surface area (Å²) in [4.78, 5) is 25.0. The highest BCUT2D eigenvalue weighted by Crippen LogP contribution is 2.37. The van der Waals surface area contributed by atoms with Gasteiger partial charge in [0.25, 0.3) is 11.5 Å². The van der Waals surface area contributed by atoms with Crippen LogP contribution in [0.5, 0.6) is 0 Å². The van der Waals surface area contributed by atoms with Gasteiger partial charge in [0.1, 0.15) is 0 Å². The maximum atomic E-state index is 13.9. The van der Waals surface area contributed by atoms with Gasteiger partial charge in [-0.1, -0.05) is 12.1 Å². The van der Waals surface area contributed by atoms with Crippen LogP contribution in [0.4, 0.5) is 24.5 Å². The van der Waals surface area contributed by atoms with Gasteiger partial charge >= 0.3 is 6.18 Å². The van der Waals surface area contributed by atoms with E-state index in [0.717, 1.165) is 6.07 Å². The Labute approximate surface area is 201 Å². The van der Waals surface area contributed by atoms with Gasteiger partial charge < -0.3 is 15.1 Å². The van der Waals surface area contributed by atoms with Crippen molar-refractivity contribution in [1.82, 2.24) is 19.2 Å². The van der Waals surface area contributed by atoms with Gasteiger partial charge in [0, 0.05) is 17.9 Å². The molecule has 0 saturated carbocycles. The number of furan rings is 1. The number of halogens is 3. The molecule has 12 heteroatoms. The Balaban J connectivity index is 1.49. The second-order valence-electron chi connectivity index (χ2n) is 7.86. The highest BCUT2D eigenvalue weighted by atomic mass is 19.4. The second kappa shape index (κ2) is 8.87. The van der Waals surface area contributed by atoms with Crippen molar-refractivity contribution in [3.05, 3.63) is 88.4 Å². The largest absolute Gasteiger partial charge is 0.459 e. The minimum Gasteiger partial charge on any atom is -0.459 e. The van der Waals surface area contributed by atoms with E-state index in [1.807, 2.05) is 0 Å². The van der Waals surface area contributed by atoms with Gasteiger partial charge in [-0.3, -0.25) is 18.6 Å². The van der Waals surface area contributed by atoms with Crippen LogP contribution >= 0.6 is 0 Å². The molecule has 0 saturated heterocycles. The lowest BCUT2D eigenvalue weighted by Gasteiger charge is -2.16. The summed E-state index contributed by atoms with van der Waals surface area (Å²) in [5.74, 6) is -0.0726. The van der Waals surface area contributed by atoms with Crippen molar-refractivity contribution in [1.29, 1.82) is 0 Å². The number of nitrogens with zero attached hydrogens (tertiary/aromatic N) is 4. The third-order valence-electron chi connectivity index (χ3n) is 5.66. The number of amides is 1. The maximum Gasteiger partial charge on any atom is 0.418 e. The van der Waals surface area contributed by atoms with E-state index < -0.39 is 17.6 Å². The highest BCUT2D eigenvalue weighted by molar-refractivity contribution is 6.02. The van der Waals surface area contributed by atoms with Crippen molar-refractivity contribution < 1.29 is 22.4 Å². The van der Waals surface area contributed by atoms with E-state index in [0.29, 0.717) is 29.0 Å². The van der Waals surface area contributed by atoms with Crippen LogP contribution in [0.15, 0.2) is 70.1 Å². The van der Waals surface area contributed by atoms with Crippen LogP contribution < -0.4 is 16.2 Å². The number of carbonyl (C=O) groups excluding carboxylic acids is 1. The summed E-state index contributed by atoms with van der Waals surface area (Å²) in [6.45, 7) is 2.04. The number of benzene rings is 2. The lowest BCUT2D eigenvalue weighted by molar-refractivity contribution is -0.136. The number of nitrogens with one attached hydrogen (secondary N) is 2. The molecule has 184 valence electrons. The standard InChI is InChI=1S/C24H19F3N6O3/c1-2-32-22(35)15-6-3-4-7-18(15)33-20(30-31-23(32)33)13-28-17-10-9-14(12-16(17)24(25,26)27)29-21(34)19-8-5-11-36-19/h3-12,28H,2,13H2,1H3,(H,29,34). The first kappa shape index (κ1) is 23.1. The summed E-state index contributed by atoms with van der Waals surface area (Å²) in [5.41, 5.74) is -0.887. The van der Waals surface area contributed by atoms with Gasteiger partial charge in [0.2, 0.25) is 5.78 Å². The van der Waals surface area contributed by atoms with Crippen LogP contribution in [0.25, 0.3) is 16.7 Å². The molecule has 0 bridgehead atoms. The minimum atomic E-state index is -4.70. The third kappa shape index (κ3) is 4.06. The smallest absolute Gasteiger partial charge is 0.418 e. The van der Waals surface area contributed by atoms with Gasteiger partial charge in [-0.05, 0) is 49.4 Å². The molecule has 36 heavy (non-hydrogen) atoms. The number of carbonyl (C=O) groups is 1. The molecule has 2 aromatic carbocycles. The van der Waals surface area contributed by atoms with Crippen LogP contribution in [0.1, 0.15) is 28.9 Å². The van der Waals surface area contributed by atoms with Gasteiger partial charge in [0.05, 0.1) is 29.3 Å². The molecule has 0 fully saturated rings. The van der Waals surface area contributed by atoms with Gasteiger partial charge in [-0.25, -0.2) is 0 Å². The molecule has 3 aromatic heterocycles. The molecule has 1 amide bonds. The first-order valence-corrected chi connectivity index (χ1v) is 10.9. The summed E-state index contributed by atoms with van der Waals surface area (Å²) in [7, 11) is 0. The van der Waals surface area contributed by atoms with Crippen molar-refractivity contribution in [2.75, 3.05) is 10.6 Å². The van der Waals surface area contributed by atoms with Crippen molar-refractivity contribution >= 4 is 34.0 Å². The van der Waals surface area contributed by atoms with E-state index in [4.69, 9.17) is 4.42 Å². The van der Waals surface area contributed by atoms with E-state index in [1.54, 1.807) is 35.6 Å². The van der Waals surface area contributed by atoms with Crippen molar-refractivity contribution in [3.63, 3.8) is 0 Å². The topological polar surface area (TPSA) is 106 Å². The minimum absolute atomic E-state index is 0.0257. The molecule has 0 spiro atoms. The van der Waals surface area contributed by atoms with E-state index in [-0.39, 0.29) is 29.2 Å². The fourth-order valence-corrected chi connectivity index (χ4v) is 4.00. The lowest BCUT2D eigenvalue weighted by atomic mass is 10.1. The van der Waals surface area contributed by atoms with E-state index in [9.17, 15) is 22.8 Å². The van der Waals surface area contributed by atoms with Crippen molar-refractivity contribution in [2.45, 2.75) is 26.2 Å². The normalized spacial score (nSPS) is 11.8. The molecular formula is C24H19F3N6O3. The average molecular weight is 496 g/mol. The molecule has 5 rings (SSSR count). The molecule has 5 aromatic rings. The number of para-hydroxylation sites is 1. The van der Waals surface area contributed by atoms with E-state index in [2.05, 4.69) is 20.8 Å². The molecular weight excluding hydrogens is 477 g/mol. The summed E-state index contributed by atoms with van der Waals surface area (Å²) in [6.07, 6.45) is -3.41.